The van der Waals surface area contributed by atoms with Crippen molar-refractivity contribution in [3.8, 4) is 5.88 Å². The molecule has 2 heterocycles. The maximum Gasteiger partial charge on any atom is 0.233 e. The SMILES string of the molecule is CCC(C(=O)N1CCCC(Oc2ccc(C)nn2)C1)c1ccccc1. The largest absolute Gasteiger partial charge is 0.471 e. The molecule has 5 heteroatoms. The summed E-state index contributed by atoms with van der Waals surface area (Å²) in [7, 11) is 0. The molecule has 0 saturated carbocycles. The number of aryl methyl sites for hydroxylation is 1. The molecular formula is C20H25N3O2. The van der Waals surface area contributed by atoms with E-state index in [2.05, 4.69) is 17.1 Å². The Morgan fingerprint density at radius 2 is 2.04 bits per heavy atom. The minimum Gasteiger partial charge on any atom is -0.471 e. The van der Waals surface area contributed by atoms with Gasteiger partial charge in [-0.05, 0) is 37.8 Å². The lowest BCUT2D eigenvalue weighted by atomic mass is 9.94. The number of nitrogens with zero attached hydrogens (tertiary/aromatic N) is 3. The van der Waals surface area contributed by atoms with Gasteiger partial charge in [0.15, 0.2) is 0 Å². The molecule has 5 nitrogen and oxygen atoms in total. The molecule has 0 bridgehead atoms. The Kier molecular flexibility index (Phi) is 5.64. The van der Waals surface area contributed by atoms with E-state index < -0.39 is 0 Å². The molecule has 25 heavy (non-hydrogen) atoms. The monoisotopic (exact) mass is 339 g/mol. The summed E-state index contributed by atoms with van der Waals surface area (Å²) < 4.78 is 5.94. The summed E-state index contributed by atoms with van der Waals surface area (Å²) in [5.74, 6) is 0.635. The number of carbonyl (C=O) groups excluding carboxylic acids is 1. The van der Waals surface area contributed by atoms with Crippen LogP contribution in [0.3, 0.4) is 0 Å². The standard InChI is InChI=1S/C20H25N3O2/c1-3-18(16-8-5-4-6-9-16)20(24)23-13-7-10-17(14-23)25-19-12-11-15(2)21-22-19/h4-6,8-9,11-12,17-18H,3,7,10,13-14H2,1-2H3. The quantitative estimate of drug-likeness (QED) is 0.838. The highest BCUT2D eigenvalue weighted by molar-refractivity contribution is 5.83. The van der Waals surface area contributed by atoms with Crippen molar-refractivity contribution in [2.75, 3.05) is 13.1 Å². The lowest BCUT2D eigenvalue weighted by Gasteiger charge is -2.34. The first-order valence-electron chi connectivity index (χ1n) is 8.98. The van der Waals surface area contributed by atoms with E-state index in [4.69, 9.17) is 4.74 Å². The Morgan fingerprint density at radius 1 is 1.24 bits per heavy atom. The van der Waals surface area contributed by atoms with Crippen molar-refractivity contribution in [1.82, 2.24) is 15.1 Å². The fraction of sp³-hybridized carbons (Fsp3) is 0.450. The van der Waals surface area contributed by atoms with Gasteiger partial charge in [-0.1, -0.05) is 37.3 Å². The second-order valence-electron chi connectivity index (χ2n) is 6.55. The van der Waals surface area contributed by atoms with Gasteiger partial charge >= 0.3 is 0 Å². The summed E-state index contributed by atoms with van der Waals surface area (Å²) in [5.41, 5.74) is 1.95. The van der Waals surface area contributed by atoms with Gasteiger partial charge in [0.25, 0.3) is 0 Å². The zero-order valence-electron chi connectivity index (χ0n) is 14.9. The van der Waals surface area contributed by atoms with Gasteiger partial charge in [-0.15, -0.1) is 5.10 Å². The van der Waals surface area contributed by atoms with E-state index in [1.54, 1.807) is 0 Å². The Bertz CT molecular complexity index is 688. The number of amides is 1. The van der Waals surface area contributed by atoms with E-state index in [0.717, 1.165) is 37.1 Å². The van der Waals surface area contributed by atoms with Crippen LogP contribution in [0.25, 0.3) is 0 Å². The van der Waals surface area contributed by atoms with E-state index in [-0.39, 0.29) is 17.9 Å². The van der Waals surface area contributed by atoms with Gasteiger partial charge < -0.3 is 9.64 Å². The highest BCUT2D eigenvalue weighted by Gasteiger charge is 2.29. The number of ether oxygens (including phenoxy) is 1. The van der Waals surface area contributed by atoms with Crippen LogP contribution in [0.2, 0.25) is 0 Å². The van der Waals surface area contributed by atoms with Gasteiger partial charge in [-0.25, -0.2) is 0 Å². The molecule has 0 N–H and O–H groups in total. The zero-order valence-corrected chi connectivity index (χ0v) is 14.9. The average molecular weight is 339 g/mol. The van der Waals surface area contributed by atoms with Crippen LogP contribution in [0.15, 0.2) is 42.5 Å². The molecule has 1 fully saturated rings. The first-order chi connectivity index (χ1) is 12.2. The predicted octanol–water partition coefficient (Wildman–Crippen LogP) is 3.35. The van der Waals surface area contributed by atoms with Crippen molar-refractivity contribution < 1.29 is 9.53 Å². The average Bonchev–Trinajstić information content (AvgIpc) is 2.65. The molecule has 132 valence electrons. The van der Waals surface area contributed by atoms with Gasteiger partial charge in [-0.2, -0.15) is 5.10 Å². The topological polar surface area (TPSA) is 55.3 Å². The molecule has 2 aromatic rings. The number of benzene rings is 1. The van der Waals surface area contributed by atoms with E-state index in [1.165, 1.54) is 0 Å². The van der Waals surface area contributed by atoms with Crippen LogP contribution in [0, 0.1) is 6.92 Å². The molecule has 1 aliphatic heterocycles. The van der Waals surface area contributed by atoms with E-state index >= 15 is 0 Å². The van der Waals surface area contributed by atoms with Gasteiger partial charge in [-0.3, -0.25) is 4.79 Å². The van der Waals surface area contributed by atoms with E-state index in [0.29, 0.717) is 12.4 Å². The molecule has 0 spiro atoms. The number of carbonyl (C=O) groups is 1. The van der Waals surface area contributed by atoms with Crippen molar-refractivity contribution in [3.63, 3.8) is 0 Å². The smallest absolute Gasteiger partial charge is 0.233 e. The fourth-order valence-corrected chi connectivity index (χ4v) is 3.31. The Labute approximate surface area is 149 Å². The highest BCUT2D eigenvalue weighted by atomic mass is 16.5. The molecule has 0 aliphatic carbocycles. The van der Waals surface area contributed by atoms with Crippen molar-refractivity contribution in [3.05, 3.63) is 53.7 Å². The van der Waals surface area contributed by atoms with Crippen LogP contribution in [-0.2, 0) is 4.79 Å². The van der Waals surface area contributed by atoms with Crippen LogP contribution < -0.4 is 4.74 Å². The van der Waals surface area contributed by atoms with Gasteiger partial charge in [0, 0.05) is 12.6 Å². The van der Waals surface area contributed by atoms with Crippen molar-refractivity contribution in [1.29, 1.82) is 0 Å². The molecule has 1 saturated heterocycles. The predicted molar refractivity (Wildman–Crippen MR) is 96.5 cm³/mol. The van der Waals surface area contributed by atoms with Crippen LogP contribution >= 0.6 is 0 Å². The van der Waals surface area contributed by atoms with Crippen molar-refractivity contribution >= 4 is 5.91 Å². The third-order valence-corrected chi connectivity index (χ3v) is 4.66. The number of piperidine rings is 1. The van der Waals surface area contributed by atoms with Gasteiger partial charge in [0.1, 0.15) is 6.10 Å². The van der Waals surface area contributed by atoms with Crippen molar-refractivity contribution in [2.45, 2.75) is 45.1 Å². The van der Waals surface area contributed by atoms with E-state index in [9.17, 15) is 4.79 Å². The molecular weight excluding hydrogens is 314 g/mol. The fourth-order valence-electron chi connectivity index (χ4n) is 3.31. The number of rotatable bonds is 5. The summed E-state index contributed by atoms with van der Waals surface area (Å²) in [4.78, 5) is 15.0. The van der Waals surface area contributed by atoms with Gasteiger partial charge in [0.05, 0.1) is 18.2 Å². The summed E-state index contributed by atoms with van der Waals surface area (Å²) in [6.45, 7) is 5.36. The number of hydrogen-bond acceptors (Lipinski definition) is 4. The van der Waals surface area contributed by atoms with Crippen LogP contribution in [-0.4, -0.2) is 40.2 Å². The summed E-state index contributed by atoms with van der Waals surface area (Å²) in [6.07, 6.45) is 2.65. The molecule has 0 radical (unpaired) electrons. The number of likely N-dealkylation sites (tertiary alicyclic amines) is 1. The van der Waals surface area contributed by atoms with E-state index in [1.807, 2.05) is 54.3 Å². The minimum absolute atomic E-state index is 0.0250. The molecule has 1 aromatic heterocycles. The molecule has 3 rings (SSSR count). The number of aromatic nitrogens is 2. The normalized spacial score (nSPS) is 18.6. The first kappa shape index (κ1) is 17.4. The van der Waals surface area contributed by atoms with Crippen LogP contribution in [0.1, 0.15) is 43.4 Å². The molecule has 1 aromatic carbocycles. The maximum absolute atomic E-state index is 13.0. The Balaban J connectivity index is 1.65. The Hall–Kier alpha value is -2.43. The molecule has 1 amide bonds. The lowest BCUT2D eigenvalue weighted by Crippen LogP contribution is -2.46. The third-order valence-electron chi connectivity index (χ3n) is 4.66. The highest BCUT2D eigenvalue weighted by Crippen LogP contribution is 2.25. The zero-order chi connectivity index (χ0) is 17.6. The minimum atomic E-state index is -0.0842. The molecule has 2 atom stereocenters. The second kappa shape index (κ2) is 8.10. The third kappa shape index (κ3) is 4.35. The maximum atomic E-state index is 13.0. The molecule has 2 unspecified atom stereocenters. The summed E-state index contributed by atoms with van der Waals surface area (Å²) in [6, 6.07) is 13.7. The van der Waals surface area contributed by atoms with Crippen molar-refractivity contribution in [2.24, 2.45) is 0 Å². The second-order valence-corrected chi connectivity index (χ2v) is 6.55. The van der Waals surface area contributed by atoms with Crippen LogP contribution in [0.4, 0.5) is 0 Å². The summed E-state index contributed by atoms with van der Waals surface area (Å²) >= 11 is 0. The Morgan fingerprint density at radius 3 is 2.72 bits per heavy atom. The molecule has 1 aliphatic rings. The van der Waals surface area contributed by atoms with Gasteiger partial charge in [0.2, 0.25) is 11.8 Å². The van der Waals surface area contributed by atoms with Crippen LogP contribution in [0.5, 0.6) is 5.88 Å². The lowest BCUT2D eigenvalue weighted by molar-refractivity contribution is -0.135. The number of hydrogen-bond donors (Lipinski definition) is 0. The first-order valence-corrected chi connectivity index (χ1v) is 8.98. The summed E-state index contributed by atoms with van der Waals surface area (Å²) in [5, 5.41) is 8.09.